The first-order valence-corrected chi connectivity index (χ1v) is 6.36. The fraction of sp³-hybridized carbons (Fsp3) is 0.200. The lowest BCUT2D eigenvalue weighted by molar-refractivity contribution is 0.616. The van der Waals surface area contributed by atoms with Crippen molar-refractivity contribution in [3.8, 4) is 11.4 Å². The van der Waals surface area contributed by atoms with Crippen molar-refractivity contribution >= 4 is 11.0 Å². The van der Waals surface area contributed by atoms with Crippen molar-refractivity contribution in [2.24, 2.45) is 0 Å². The molecule has 0 aliphatic carbocycles. The minimum absolute atomic E-state index is 0.755. The van der Waals surface area contributed by atoms with Gasteiger partial charge in [0.15, 0.2) is 5.82 Å². The van der Waals surface area contributed by atoms with E-state index in [2.05, 4.69) is 15.3 Å². The maximum atomic E-state index is 5.57. The lowest BCUT2D eigenvalue weighted by Crippen LogP contribution is -2.00. The summed E-state index contributed by atoms with van der Waals surface area (Å²) < 4.78 is 5.57. The van der Waals surface area contributed by atoms with E-state index in [9.17, 15) is 0 Å². The molecule has 0 bridgehead atoms. The number of rotatable bonds is 1. The van der Waals surface area contributed by atoms with Crippen molar-refractivity contribution in [1.82, 2.24) is 15.3 Å². The Bertz CT molecular complexity index is 776. The molecular weight excluding hydrogens is 238 g/mol. The number of hydrogen-bond donors (Lipinski definition) is 1. The number of aryl methyl sites for hydroxylation is 1. The summed E-state index contributed by atoms with van der Waals surface area (Å²) >= 11 is 0. The van der Waals surface area contributed by atoms with Crippen molar-refractivity contribution in [3.63, 3.8) is 0 Å². The first kappa shape index (κ1) is 10.7. The van der Waals surface area contributed by atoms with E-state index in [-0.39, 0.29) is 0 Å². The highest BCUT2D eigenvalue weighted by molar-refractivity contribution is 5.91. The number of fused-ring (bicyclic) bond motifs is 2. The average molecular weight is 251 g/mol. The second-order valence-corrected chi connectivity index (χ2v) is 4.81. The average Bonchev–Trinajstić information content (AvgIpc) is 3.04. The van der Waals surface area contributed by atoms with Gasteiger partial charge >= 0.3 is 0 Å². The zero-order valence-corrected chi connectivity index (χ0v) is 10.6. The summed E-state index contributed by atoms with van der Waals surface area (Å²) in [5.74, 6) is 0.755. The number of nitrogens with one attached hydrogen (secondary N) is 1. The van der Waals surface area contributed by atoms with Crippen LogP contribution in [0.4, 0.5) is 0 Å². The molecule has 0 spiro atoms. The van der Waals surface area contributed by atoms with Gasteiger partial charge in [-0.3, -0.25) is 0 Å². The van der Waals surface area contributed by atoms with Crippen LogP contribution >= 0.6 is 0 Å². The third-order valence-electron chi connectivity index (χ3n) is 3.62. The van der Waals surface area contributed by atoms with Gasteiger partial charge in [0.1, 0.15) is 11.8 Å². The molecule has 4 heteroatoms. The van der Waals surface area contributed by atoms with Crippen LogP contribution in [-0.4, -0.2) is 9.97 Å². The molecule has 0 saturated heterocycles. The van der Waals surface area contributed by atoms with Crippen LogP contribution in [0.25, 0.3) is 22.4 Å². The fourth-order valence-electron chi connectivity index (χ4n) is 2.61. The minimum Gasteiger partial charge on any atom is -0.464 e. The molecule has 94 valence electrons. The van der Waals surface area contributed by atoms with E-state index in [0.29, 0.717) is 0 Å². The normalized spacial score (nSPS) is 13.9. The Balaban J connectivity index is 1.95. The molecule has 1 N–H and O–H groups in total. The van der Waals surface area contributed by atoms with E-state index in [1.54, 1.807) is 6.26 Å². The molecule has 3 heterocycles. The summed E-state index contributed by atoms with van der Waals surface area (Å²) in [5, 5.41) is 4.38. The summed E-state index contributed by atoms with van der Waals surface area (Å²) in [6.45, 7) is 3.73. The first-order valence-electron chi connectivity index (χ1n) is 6.36. The number of aromatic nitrogens is 2. The van der Waals surface area contributed by atoms with Crippen molar-refractivity contribution in [2.45, 2.75) is 20.0 Å². The first-order chi connectivity index (χ1) is 9.33. The zero-order valence-electron chi connectivity index (χ0n) is 10.6. The summed E-state index contributed by atoms with van der Waals surface area (Å²) in [4.78, 5) is 9.30. The molecule has 4 rings (SSSR count). The Hall–Kier alpha value is -2.20. The highest BCUT2D eigenvalue weighted by Gasteiger charge is 2.18. The highest BCUT2D eigenvalue weighted by atomic mass is 16.3. The summed E-state index contributed by atoms with van der Waals surface area (Å²) in [6.07, 6.45) is 1.74. The Labute approximate surface area is 110 Å². The van der Waals surface area contributed by atoms with Crippen LogP contribution in [0.5, 0.6) is 0 Å². The Morgan fingerprint density at radius 3 is 3.00 bits per heavy atom. The molecule has 0 radical (unpaired) electrons. The van der Waals surface area contributed by atoms with Crippen molar-refractivity contribution < 1.29 is 4.42 Å². The molecular formula is C15H13N3O. The number of para-hydroxylation sites is 1. The monoisotopic (exact) mass is 251 g/mol. The van der Waals surface area contributed by atoms with Gasteiger partial charge in [0, 0.05) is 29.7 Å². The van der Waals surface area contributed by atoms with Crippen molar-refractivity contribution in [2.75, 3.05) is 0 Å². The zero-order chi connectivity index (χ0) is 12.8. The van der Waals surface area contributed by atoms with Gasteiger partial charge in [-0.1, -0.05) is 18.2 Å². The number of hydrogen-bond acceptors (Lipinski definition) is 4. The topological polar surface area (TPSA) is 51.0 Å². The predicted octanol–water partition coefficient (Wildman–Crippen LogP) is 2.80. The second-order valence-electron chi connectivity index (χ2n) is 4.81. The molecule has 19 heavy (non-hydrogen) atoms. The minimum atomic E-state index is 0.755. The van der Waals surface area contributed by atoms with Crippen LogP contribution in [-0.2, 0) is 13.1 Å². The van der Waals surface area contributed by atoms with Crippen LogP contribution < -0.4 is 5.32 Å². The third kappa shape index (κ3) is 1.57. The quantitative estimate of drug-likeness (QED) is 0.722. The van der Waals surface area contributed by atoms with Gasteiger partial charge in [0.2, 0.25) is 0 Å². The smallest absolute Gasteiger partial charge is 0.163 e. The van der Waals surface area contributed by atoms with Crippen LogP contribution in [0.2, 0.25) is 0 Å². The fourth-order valence-corrected chi connectivity index (χ4v) is 2.61. The Kier molecular flexibility index (Phi) is 2.19. The van der Waals surface area contributed by atoms with Gasteiger partial charge in [0.05, 0.1) is 11.3 Å². The molecule has 3 aromatic rings. The van der Waals surface area contributed by atoms with E-state index >= 15 is 0 Å². The Morgan fingerprint density at radius 2 is 2.05 bits per heavy atom. The van der Waals surface area contributed by atoms with E-state index in [1.807, 2.05) is 31.2 Å². The van der Waals surface area contributed by atoms with Gasteiger partial charge in [0.25, 0.3) is 0 Å². The van der Waals surface area contributed by atoms with E-state index in [0.717, 1.165) is 46.8 Å². The van der Waals surface area contributed by atoms with E-state index in [4.69, 9.17) is 4.42 Å². The number of nitrogens with zero attached hydrogens (tertiary/aromatic N) is 2. The molecule has 1 aromatic carbocycles. The standard InChI is InChI=1S/C15H13N3O/c1-9-11-6-16-7-13(11)18-15(17-9)12-8-19-14-5-3-2-4-10(12)14/h2-5,8,16H,6-7H2,1H3. The summed E-state index contributed by atoms with van der Waals surface area (Å²) in [5.41, 5.74) is 5.23. The molecule has 0 fully saturated rings. The van der Waals surface area contributed by atoms with Crippen LogP contribution in [0.15, 0.2) is 34.9 Å². The maximum Gasteiger partial charge on any atom is 0.163 e. The Morgan fingerprint density at radius 1 is 1.16 bits per heavy atom. The van der Waals surface area contributed by atoms with Crippen LogP contribution in [0.1, 0.15) is 17.0 Å². The predicted molar refractivity (Wildman–Crippen MR) is 72.5 cm³/mol. The van der Waals surface area contributed by atoms with E-state index in [1.165, 1.54) is 5.56 Å². The second kappa shape index (κ2) is 3.90. The molecule has 0 unspecified atom stereocenters. The molecule has 0 amide bonds. The molecule has 0 saturated carbocycles. The highest BCUT2D eigenvalue weighted by Crippen LogP contribution is 2.29. The molecule has 2 aromatic heterocycles. The number of furan rings is 1. The van der Waals surface area contributed by atoms with Gasteiger partial charge in [-0.25, -0.2) is 9.97 Å². The largest absolute Gasteiger partial charge is 0.464 e. The van der Waals surface area contributed by atoms with Crippen molar-refractivity contribution in [1.29, 1.82) is 0 Å². The SMILES string of the molecule is Cc1nc(-c2coc3ccccc23)nc2c1CNC2. The van der Waals surface area contributed by atoms with Crippen LogP contribution in [0.3, 0.4) is 0 Å². The number of benzene rings is 1. The van der Waals surface area contributed by atoms with Gasteiger partial charge in [-0.15, -0.1) is 0 Å². The third-order valence-corrected chi connectivity index (χ3v) is 3.62. The van der Waals surface area contributed by atoms with Gasteiger partial charge in [-0.2, -0.15) is 0 Å². The lowest BCUT2D eigenvalue weighted by atomic mass is 10.1. The van der Waals surface area contributed by atoms with Crippen LogP contribution in [0, 0.1) is 6.92 Å². The maximum absolute atomic E-state index is 5.57. The molecule has 1 aliphatic rings. The summed E-state index contributed by atoms with van der Waals surface area (Å²) in [6, 6.07) is 7.97. The van der Waals surface area contributed by atoms with E-state index < -0.39 is 0 Å². The molecule has 0 atom stereocenters. The van der Waals surface area contributed by atoms with Gasteiger partial charge in [-0.05, 0) is 13.0 Å². The summed E-state index contributed by atoms with van der Waals surface area (Å²) in [7, 11) is 0. The lowest BCUT2D eigenvalue weighted by Gasteiger charge is -2.04. The molecule has 1 aliphatic heterocycles. The molecule has 4 nitrogen and oxygen atoms in total. The van der Waals surface area contributed by atoms with Gasteiger partial charge < -0.3 is 9.73 Å². The van der Waals surface area contributed by atoms with Crippen molar-refractivity contribution in [3.05, 3.63) is 47.5 Å².